The van der Waals surface area contributed by atoms with E-state index in [-0.39, 0.29) is 12.0 Å². The Hall–Kier alpha value is -0.820. The second-order valence-corrected chi connectivity index (χ2v) is 3.17. The van der Waals surface area contributed by atoms with E-state index in [0.717, 1.165) is 6.42 Å². The first-order chi connectivity index (χ1) is 5.75. The summed E-state index contributed by atoms with van der Waals surface area (Å²) in [5.74, 6) is 0.284. The van der Waals surface area contributed by atoms with Gasteiger partial charge in [-0.1, -0.05) is 37.3 Å². The first kappa shape index (κ1) is 9.27. The molecule has 1 nitrogen and oxygen atoms in total. The molecule has 0 saturated carbocycles. The highest BCUT2D eigenvalue weighted by atomic mass is 16.3. The van der Waals surface area contributed by atoms with Gasteiger partial charge < -0.3 is 5.11 Å². The average Bonchev–Trinajstić information content (AvgIpc) is 2.07. The highest BCUT2D eigenvalue weighted by Crippen LogP contribution is 2.22. The highest BCUT2D eigenvalue weighted by Gasteiger charge is 2.13. The molecule has 1 aromatic carbocycles. The molecule has 0 heterocycles. The van der Waals surface area contributed by atoms with Crippen LogP contribution in [0.1, 0.15) is 31.7 Å². The van der Waals surface area contributed by atoms with Gasteiger partial charge in [-0.05, 0) is 18.9 Å². The van der Waals surface area contributed by atoms with E-state index in [4.69, 9.17) is 0 Å². The fraction of sp³-hybridized carbons (Fsp3) is 0.455. The number of aliphatic hydroxyl groups is 1. The Bertz CT molecular complexity index is 216. The summed E-state index contributed by atoms with van der Waals surface area (Å²) in [5.41, 5.74) is 1.23. The van der Waals surface area contributed by atoms with Gasteiger partial charge in [-0.15, -0.1) is 0 Å². The SMILES string of the molecule is CC[C@H](c1ccccc1)[C@@H](C)O. The summed E-state index contributed by atoms with van der Waals surface area (Å²) in [7, 11) is 0. The quantitative estimate of drug-likeness (QED) is 0.728. The molecule has 0 radical (unpaired) electrons. The molecule has 0 bridgehead atoms. The Kier molecular flexibility index (Phi) is 3.30. The van der Waals surface area contributed by atoms with Gasteiger partial charge >= 0.3 is 0 Å². The normalized spacial score (nSPS) is 15.6. The monoisotopic (exact) mass is 164 g/mol. The van der Waals surface area contributed by atoms with Crippen molar-refractivity contribution in [1.82, 2.24) is 0 Å². The molecule has 0 saturated heterocycles. The first-order valence-corrected chi connectivity index (χ1v) is 4.48. The largest absolute Gasteiger partial charge is 0.393 e. The molecule has 0 aliphatic carbocycles. The lowest BCUT2D eigenvalue weighted by molar-refractivity contribution is 0.160. The van der Waals surface area contributed by atoms with Gasteiger partial charge in [0.25, 0.3) is 0 Å². The minimum Gasteiger partial charge on any atom is -0.393 e. The molecule has 66 valence electrons. The maximum absolute atomic E-state index is 9.47. The lowest BCUT2D eigenvalue weighted by Crippen LogP contribution is -2.13. The zero-order valence-electron chi connectivity index (χ0n) is 7.70. The standard InChI is InChI=1S/C11H16O/c1-3-11(9(2)12)10-7-5-4-6-8-10/h4-9,11-12H,3H2,1-2H3/t9-,11+/m1/s1. The maximum Gasteiger partial charge on any atom is 0.0580 e. The molecule has 0 unspecified atom stereocenters. The van der Waals surface area contributed by atoms with Crippen LogP contribution in [0.5, 0.6) is 0 Å². The second-order valence-electron chi connectivity index (χ2n) is 3.17. The molecular formula is C11H16O. The third-order valence-corrected chi connectivity index (χ3v) is 2.25. The zero-order valence-corrected chi connectivity index (χ0v) is 7.70. The van der Waals surface area contributed by atoms with E-state index in [2.05, 4.69) is 19.1 Å². The van der Waals surface area contributed by atoms with Gasteiger partial charge in [0.05, 0.1) is 6.10 Å². The summed E-state index contributed by atoms with van der Waals surface area (Å²) in [6, 6.07) is 10.2. The fourth-order valence-electron chi connectivity index (χ4n) is 1.56. The molecule has 1 heteroatoms. The number of aliphatic hydroxyl groups excluding tert-OH is 1. The van der Waals surface area contributed by atoms with E-state index in [1.54, 1.807) is 0 Å². The van der Waals surface area contributed by atoms with Crippen LogP contribution in [0.3, 0.4) is 0 Å². The van der Waals surface area contributed by atoms with E-state index >= 15 is 0 Å². The third-order valence-electron chi connectivity index (χ3n) is 2.25. The van der Waals surface area contributed by atoms with Crippen molar-refractivity contribution < 1.29 is 5.11 Å². The van der Waals surface area contributed by atoms with E-state index < -0.39 is 0 Å². The summed E-state index contributed by atoms with van der Waals surface area (Å²) >= 11 is 0. The van der Waals surface area contributed by atoms with Crippen LogP contribution >= 0.6 is 0 Å². The second kappa shape index (κ2) is 4.27. The van der Waals surface area contributed by atoms with Crippen LogP contribution in [0.4, 0.5) is 0 Å². The summed E-state index contributed by atoms with van der Waals surface area (Å²) in [6.45, 7) is 3.95. The van der Waals surface area contributed by atoms with Crippen molar-refractivity contribution in [3.8, 4) is 0 Å². The molecule has 1 N–H and O–H groups in total. The van der Waals surface area contributed by atoms with Crippen LogP contribution in [0.15, 0.2) is 30.3 Å². The fourth-order valence-corrected chi connectivity index (χ4v) is 1.56. The Morgan fingerprint density at radius 1 is 1.25 bits per heavy atom. The summed E-state index contributed by atoms with van der Waals surface area (Å²) < 4.78 is 0. The van der Waals surface area contributed by atoms with Crippen LogP contribution in [0, 0.1) is 0 Å². The molecule has 0 aliphatic rings. The van der Waals surface area contributed by atoms with Crippen molar-refractivity contribution >= 4 is 0 Å². The maximum atomic E-state index is 9.47. The first-order valence-electron chi connectivity index (χ1n) is 4.48. The topological polar surface area (TPSA) is 20.2 Å². The number of benzene rings is 1. The van der Waals surface area contributed by atoms with Crippen LogP contribution in [0.25, 0.3) is 0 Å². The number of hydrogen-bond donors (Lipinski definition) is 1. The zero-order chi connectivity index (χ0) is 8.97. The van der Waals surface area contributed by atoms with Crippen LogP contribution in [0.2, 0.25) is 0 Å². The van der Waals surface area contributed by atoms with Crippen molar-refractivity contribution in [3.05, 3.63) is 35.9 Å². The van der Waals surface area contributed by atoms with Gasteiger partial charge in [0.1, 0.15) is 0 Å². The smallest absolute Gasteiger partial charge is 0.0580 e. The van der Waals surface area contributed by atoms with Crippen LogP contribution in [-0.2, 0) is 0 Å². The summed E-state index contributed by atoms with van der Waals surface area (Å²) in [4.78, 5) is 0. The van der Waals surface area contributed by atoms with Crippen molar-refractivity contribution in [2.24, 2.45) is 0 Å². The molecular weight excluding hydrogens is 148 g/mol. The predicted octanol–water partition coefficient (Wildman–Crippen LogP) is 2.56. The number of rotatable bonds is 3. The van der Waals surface area contributed by atoms with Gasteiger partial charge in [0.2, 0.25) is 0 Å². The van der Waals surface area contributed by atoms with Crippen molar-refractivity contribution in [3.63, 3.8) is 0 Å². The molecule has 1 rings (SSSR count). The van der Waals surface area contributed by atoms with Crippen LogP contribution in [-0.4, -0.2) is 11.2 Å². The van der Waals surface area contributed by atoms with Gasteiger partial charge in [-0.25, -0.2) is 0 Å². The van der Waals surface area contributed by atoms with Crippen LogP contribution < -0.4 is 0 Å². The van der Waals surface area contributed by atoms with Gasteiger partial charge in [0.15, 0.2) is 0 Å². The lowest BCUT2D eigenvalue weighted by Gasteiger charge is -2.17. The molecule has 12 heavy (non-hydrogen) atoms. The van der Waals surface area contributed by atoms with Crippen molar-refractivity contribution in [2.75, 3.05) is 0 Å². The van der Waals surface area contributed by atoms with Gasteiger partial charge in [-0.3, -0.25) is 0 Å². The molecule has 1 aromatic rings. The molecule has 2 atom stereocenters. The molecule has 0 aliphatic heterocycles. The van der Waals surface area contributed by atoms with Gasteiger partial charge in [-0.2, -0.15) is 0 Å². The van der Waals surface area contributed by atoms with Crippen molar-refractivity contribution in [1.29, 1.82) is 0 Å². The molecule has 0 spiro atoms. The molecule has 0 amide bonds. The Morgan fingerprint density at radius 2 is 1.83 bits per heavy atom. The number of hydrogen-bond acceptors (Lipinski definition) is 1. The Morgan fingerprint density at radius 3 is 2.25 bits per heavy atom. The summed E-state index contributed by atoms with van der Waals surface area (Å²) in [6.07, 6.45) is 0.735. The third kappa shape index (κ3) is 2.08. The average molecular weight is 164 g/mol. The molecule has 0 fully saturated rings. The van der Waals surface area contributed by atoms with Gasteiger partial charge in [0, 0.05) is 5.92 Å². The van der Waals surface area contributed by atoms with E-state index in [9.17, 15) is 5.11 Å². The predicted molar refractivity (Wildman–Crippen MR) is 51.2 cm³/mol. The molecule has 0 aromatic heterocycles. The summed E-state index contributed by atoms with van der Waals surface area (Å²) in [5, 5.41) is 9.47. The van der Waals surface area contributed by atoms with E-state index in [1.807, 2.05) is 25.1 Å². The lowest BCUT2D eigenvalue weighted by atomic mass is 9.92. The Balaban J connectivity index is 2.80. The van der Waals surface area contributed by atoms with Crippen molar-refractivity contribution in [2.45, 2.75) is 32.3 Å². The van der Waals surface area contributed by atoms with E-state index in [0.29, 0.717) is 0 Å². The minimum atomic E-state index is -0.252. The minimum absolute atomic E-state index is 0.252. The van der Waals surface area contributed by atoms with E-state index in [1.165, 1.54) is 5.56 Å². The Labute approximate surface area is 74.1 Å². The highest BCUT2D eigenvalue weighted by molar-refractivity contribution is 5.20.